The van der Waals surface area contributed by atoms with Crippen LogP contribution in [0.3, 0.4) is 0 Å². The third-order valence-electron chi connectivity index (χ3n) is 5.15. The molecule has 1 aliphatic rings. The molecule has 34 heavy (non-hydrogen) atoms. The van der Waals surface area contributed by atoms with Crippen LogP contribution in [0.25, 0.3) is 0 Å². The van der Waals surface area contributed by atoms with Gasteiger partial charge in [0.15, 0.2) is 11.5 Å². The highest BCUT2D eigenvalue weighted by Gasteiger charge is 2.28. The highest BCUT2D eigenvalue weighted by atomic mass is 35.5. The third-order valence-corrected chi connectivity index (χ3v) is 7.14. The van der Waals surface area contributed by atoms with Crippen molar-refractivity contribution in [1.82, 2.24) is 0 Å². The number of ether oxygens (including phenoxy) is 2. The summed E-state index contributed by atoms with van der Waals surface area (Å²) in [5.74, 6) is -0.132. The molecule has 3 aromatic rings. The van der Waals surface area contributed by atoms with E-state index in [2.05, 4.69) is 5.32 Å². The molecular weight excluding hydrogens is 521 g/mol. The van der Waals surface area contributed by atoms with Gasteiger partial charge in [-0.25, -0.2) is 4.79 Å². The molecule has 2 aromatic heterocycles. The predicted molar refractivity (Wildman–Crippen MR) is 134 cm³/mol. The Labute approximate surface area is 216 Å². The van der Waals surface area contributed by atoms with Crippen LogP contribution in [-0.2, 0) is 24.2 Å². The van der Waals surface area contributed by atoms with Crippen molar-refractivity contribution in [3.63, 3.8) is 0 Å². The molecule has 180 valence electrons. The molecule has 0 unspecified atom stereocenters. The van der Waals surface area contributed by atoms with E-state index in [0.717, 1.165) is 36.1 Å². The summed E-state index contributed by atoms with van der Waals surface area (Å²) >= 11 is 19.6. The molecule has 10 heteroatoms. The fourth-order valence-corrected chi connectivity index (χ4v) is 5.89. The van der Waals surface area contributed by atoms with Gasteiger partial charge in [0.2, 0.25) is 0 Å². The Morgan fingerprint density at radius 2 is 1.82 bits per heavy atom. The van der Waals surface area contributed by atoms with Crippen LogP contribution in [0.5, 0.6) is 5.75 Å². The number of hydrogen-bond acceptors (Lipinski definition) is 6. The van der Waals surface area contributed by atoms with Crippen molar-refractivity contribution in [1.29, 1.82) is 0 Å². The van der Waals surface area contributed by atoms with Gasteiger partial charge in [0, 0.05) is 9.90 Å². The Hall–Kier alpha value is -2.19. The first-order valence-electron chi connectivity index (χ1n) is 10.8. The van der Waals surface area contributed by atoms with Gasteiger partial charge < -0.3 is 19.2 Å². The van der Waals surface area contributed by atoms with E-state index in [-0.39, 0.29) is 34.3 Å². The first kappa shape index (κ1) is 24.9. The summed E-state index contributed by atoms with van der Waals surface area (Å²) in [5, 5.41) is 4.25. The molecule has 1 aromatic carbocycles. The van der Waals surface area contributed by atoms with E-state index in [0.29, 0.717) is 21.3 Å². The molecule has 0 fully saturated rings. The lowest BCUT2D eigenvalue weighted by molar-refractivity contribution is 0.0378. The van der Waals surface area contributed by atoms with Gasteiger partial charge in [-0.2, -0.15) is 0 Å². The highest BCUT2D eigenvalue weighted by Crippen LogP contribution is 2.39. The van der Waals surface area contributed by atoms with Crippen molar-refractivity contribution >= 4 is 63.0 Å². The number of amides is 1. The van der Waals surface area contributed by atoms with Gasteiger partial charge in [0.1, 0.15) is 17.4 Å². The van der Waals surface area contributed by atoms with Gasteiger partial charge in [-0.05, 0) is 69.4 Å². The minimum Gasteiger partial charge on any atom is -0.483 e. The van der Waals surface area contributed by atoms with Gasteiger partial charge in [0.05, 0.1) is 21.7 Å². The summed E-state index contributed by atoms with van der Waals surface area (Å²) in [6.07, 6.45) is 3.48. The van der Waals surface area contributed by atoms with E-state index >= 15 is 0 Å². The molecule has 2 heterocycles. The number of furan rings is 1. The number of halogens is 3. The van der Waals surface area contributed by atoms with Crippen LogP contribution in [0.1, 0.15) is 63.8 Å². The third kappa shape index (κ3) is 5.54. The second kappa shape index (κ2) is 10.6. The van der Waals surface area contributed by atoms with Crippen molar-refractivity contribution in [3.05, 3.63) is 66.9 Å². The molecule has 1 amide bonds. The van der Waals surface area contributed by atoms with Crippen LogP contribution < -0.4 is 10.1 Å². The first-order chi connectivity index (χ1) is 16.2. The minimum atomic E-state index is -0.467. The number of rotatable bonds is 7. The van der Waals surface area contributed by atoms with Crippen LogP contribution in [-0.4, -0.2) is 18.0 Å². The molecule has 0 atom stereocenters. The zero-order valence-electron chi connectivity index (χ0n) is 18.5. The number of carbonyl (C=O) groups is 2. The Morgan fingerprint density at radius 1 is 1.12 bits per heavy atom. The Kier molecular flexibility index (Phi) is 7.77. The molecule has 4 rings (SSSR count). The molecule has 1 N–H and O–H groups in total. The molecule has 0 saturated heterocycles. The second-order valence-corrected chi connectivity index (χ2v) is 10.4. The number of thiophene rings is 1. The average Bonchev–Trinajstić information content (AvgIpc) is 3.36. The second-order valence-electron chi connectivity index (χ2n) is 8.08. The lowest BCUT2D eigenvalue weighted by Crippen LogP contribution is -2.17. The van der Waals surface area contributed by atoms with E-state index in [1.54, 1.807) is 26.0 Å². The maximum Gasteiger partial charge on any atom is 0.341 e. The topological polar surface area (TPSA) is 77.8 Å². The lowest BCUT2D eigenvalue weighted by atomic mass is 9.95. The Morgan fingerprint density at radius 3 is 2.53 bits per heavy atom. The number of hydrogen-bond donors (Lipinski definition) is 1. The smallest absolute Gasteiger partial charge is 0.341 e. The molecule has 0 radical (unpaired) electrons. The summed E-state index contributed by atoms with van der Waals surface area (Å²) in [4.78, 5) is 26.8. The number of nitrogens with one attached hydrogen (secondary N) is 1. The monoisotopic (exact) mass is 541 g/mol. The maximum atomic E-state index is 12.9. The average molecular weight is 543 g/mol. The highest BCUT2D eigenvalue weighted by molar-refractivity contribution is 7.17. The van der Waals surface area contributed by atoms with Gasteiger partial charge >= 0.3 is 5.97 Å². The number of carbonyl (C=O) groups excluding carboxylic acids is 2. The summed E-state index contributed by atoms with van der Waals surface area (Å²) in [5.41, 5.74) is 1.42. The summed E-state index contributed by atoms with van der Waals surface area (Å²) in [7, 11) is 0. The predicted octanol–water partition coefficient (Wildman–Crippen LogP) is 7.58. The molecule has 0 bridgehead atoms. The van der Waals surface area contributed by atoms with Gasteiger partial charge in [0.25, 0.3) is 5.91 Å². The quantitative estimate of drug-likeness (QED) is 0.311. The molecule has 0 saturated carbocycles. The standard InChI is InChI=1S/C24H22Cl3NO5S/c1-12(2)32-24(30)20-15-5-3-4-6-19(15)34-23(20)28-22(29)18-8-7-14(33-18)11-31-21-16(26)9-13(25)10-17(21)27/h7-10,12H,3-6,11H2,1-2H3,(H,28,29). The van der Waals surface area contributed by atoms with Gasteiger partial charge in [-0.1, -0.05) is 34.8 Å². The van der Waals surface area contributed by atoms with Crippen LogP contribution in [0, 0.1) is 0 Å². The molecular formula is C24H22Cl3NO5S. The van der Waals surface area contributed by atoms with Crippen LogP contribution in [0.4, 0.5) is 5.00 Å². The fraction of sp³-hybridized carbons (Fsp3) is 0.333. The summed E-state index contributed by atoms with van der Waals surface area (Å²) in [6.45, 7) is 3.60. The van der Waals surface area contributed by atoms with Crippen molar-refractivity contribution in [2.45, 2.75) is 52.2 Å². The Bertz CT molecular complexity index is 1210. The largest absolute Gasteiger partial charge is 0.483 e. The zero-order valence-corrected chi connectivity index (χ0v) is 21.6. The SMILES string of the molecule is CC(C)OC(=O)c1c(NC(=O)c2ccc(COc3c(Cl)cc(Cl)cc3Cl)o2)sc2c1CCCC2. The fourth-order valence-electron chi connectivity index (χ4n) is 3.70. The normalized spacial score (nSPS) is 13.0. The van der Waals surface area contributed by atoms with E-state index < -0.39 is 11.9 Å². The van der Waals surface area contributed by atoms with Gasteiger partial charge in [-0.3, -0.25) is 4.79 Å². The van der Waals surface area contributed by atoms with E-state index in [9.17, 15) is 9.59 Å². The van der Waals surface area contributed by atoms with Crippen LogP contribution in [0.2, 0.25) is 15.1 Å². The number of fused-ring (bicyclic) bond motifs is 1. The first-order valence-corrected chi connectivity index (χ1v) is 12.7. The Balaban J connectivity index is 1.49. The number of anilines is 1. The minimum absolute atomic E-state index is 0.00755. The van der Waals surface area contributed by atoms with Crippen molar-refractivity contribution < 1.29 is 23.5 Å². The van der Waals surface area contributed by atoms with E-state index in [1.165, 1.54) is 23.5 Å². The summed E-state index contributed by atoms with van der Waals surface area (Å²) in [6, 6.07) is 6.21. The molecule has 6 nitrogen and oxygen atoms in total. The van der Waals surface area contributed by atoms with Gasteiger partial charge in [-0.15, -0.1) is 11.3 Å². The number of benzene rings is 1. The van der Waals surface area contributed by atoms with Crippen LogP contribution >= 0.6 is 46.1 Å². The number of aryl methyl sites for hydroxylation is 1. The zero-order chi connectivity index (χ0) is 24.4. The maximum absolute atomic E-state index is 12.9. The number of esters is 1. The van der Waals surface area contributed by atoms with E-state index in [1.807, 2.05) is 0 Å². The summed E-state index contributed by atoms with van der Waals surface area (Å²) < 4.78 is 16.7. The molecule has 0 spiro atoms. The van der Waals surface area contributed by atoms with Crippen molar-refractivity contribution in [2.24, 2.45) is 0 Å². The van der Waals surface area contributed by atoms with E-state index in [4.69, 9.17) is 48.7 Å². The van der Waals surface area contributed by atoms with Crippen molar-refractivity contribution in [2.75, 3.05) is 5.32 Å². The van der Waals surface area contributed by atoms with Crippen LogP contribution in [0.15, 0.2) is 28.7 Å². The van der Waals surface area contributed by atoms with Crippen molar-refractivity contribution in [3.8, 4) is 5.75 Å². The molecule has 1 aliphatic carbocycles. The lowest BCUT2D eigenvalue weighted by Gasteiger charge is -2.14. The molecule has 0 aliphatic heterocycles.